The molecular formula is C29H21N5Na2O8S2. The molecule has 0 unspecified atom stereocenters. The van der Waals surface area contributed by atoms with Gasteiger partial charge in [0.05, 0.1) is 22.0 Å². The minimum atomic E-state index is -4.49. The maximum absolute atomic E-state index is 12.7. The molecule has 13 nitrogen and oxygen atoms in total. The number of carbonyl (C=O) groups excluding carboxylic acids is 1. The number of azo groups is 2. The second kappa shape index (κ2) is 15.5. The van der Waals surface area contributed by atoms with Gasteiger partial charge in [0.2, 0.25) is 0 Å². The van der Waals surface area contributed by atoms with E-state index in [1.807, 2.05) is 0 Å². The summed E-state index contributed by atoms with van der Waals surface area (Å²) in [4.78, 5) is 12.1. The average molecular weight is 678 g/mol. The Morgan fingerprint density at radius 1 is 0.587 bits per heavy atom. The Labute approximate surface area is 307 Å². The smallest absolute Gasteiger partial charge is 0.295 e. The third-order valence-corrected chi connectivity index (χ3v) is 7.97. The van der Waals surface area contributed by atoms with Gasteiger partial charge in [-0.25, -0.2) is 0 Å². The van der Waals surface area contributed by atoms with E-state index in [1.165, 1.54) is 66.7 Å². The molecule has 0 aliphatic carbocycles. The Morgan fingerprint density at radius 3 is 1.65 bits per heavy atom. The molecule has 17 heteroatoms. The number of nitrogens with one attached hydrogen (secondary N) is 1. The van der Waals surface area contributed by atoms with Gasteiger partial charge >= 0.3 is 0 Å². The largest absolute Gasteiger partial charge is 0.505 e. The zero-order chi connectivity index (χ0) is 31.5. The third kappa shape index (κ3) is 9.13. The minimum Gasteiger partial charge on any atom is -0.505 e. The van der Waals surface area contributed by atoms with E-state index in [1.54, 1.807) is 36.4 Å². The molecule has 0 aliphatic heterocycles. The van der Waals surface area contributed by atoms with Gasteiger partial charge in [0.25, 0.3) is 26.1 Å². The number of phenols is 1. The maximum Gasteiger partial charge on any atom is 0.295 e. The van der Waals surface area contributed by atoms with Crippen LogP contribution in [0.3, 0.4) is 0 Å². The van der Waals surface area contributed by atoms with E-state index < -0.39 is 20.2 Å². The van der Waals surface area contributed by atoms with E-state index in [0.717, 1.165) is 0 Å². The van der Waals surface area contributed by atoms with Gasteiger partial charge in [-0.15, -0.1) is 5.11 Å². The van der Waals surface area contributed by atoms with Crippen molar-refractivity contribution in [1.29, 1.82) is 0 Å². The summed E-state index contributed by atoms with van der Waals surface area (Å²) in [6.07, 6.45) is 0. The Morgan fingerprint density at radius 2 is 1.11 bits per heavy atom. The van der Waals surface area contributed by atoms with Gasteiger partial charge in [-0.05, 0) is 84.9 Å². The molecule has 0 heterocycles. The minimum absolute atomic E-state index is 0. The van der Waals surface area contributed by atoms with Crippen LogP contribution < -0.4 is 5.32 Å². The fourth-order valence-corrected chi connectivity index (χ4v) is 5.20. The van der Waals surface area contributed by atoms with Crippen molar-refractivity contribution >= 4 is 124 Å². The Hall–Kier alpha value is -3.35. The van der Waals surface area contributed by atoms with Crippen molar-refractivity contribution in [3.05, 3.63) is 109 Å². The molecule has 0 fully saturated rings. The van der Waals surface area contributed by atoms with E-state index in [2.05, 4.69) is 25.8 Å². The van der Waals surface area contributed by atoms with Gasteiger partial charge in [0.15, 0.2) is 5.75 Å². The molecule has 5 aromatic carbocycles. The van der Waals surface area contributed by atoms with E-state index in [4.69, 9.17) is 4.55 Å². The van der Waals surface area contributed by atoms with Crippen molar-refractivity contribution < 1.29 is 35.8 Å². The van der Waals surface area contributed by atoms with Gasteiger partial charge in [-0.2, -0.15) is 32.2 Å². The van der Waals surface area contributed by atoms with Gasteiger partial charge in [-0.1, -0.05) is 18.2 Å². The SMILES string of the molecule is O=C(Nc1ccc(N=Nc2ccc(S(=O)(=O)O)cc2)cc1)c1ccc(N=Nc2ccc3c(S(=O)(=O)O)cccc3c2O)cc1.[Na].[Na]. The van der Waals surface area contributed by atoms with Gasteiger partial charge in [0.1, 0.15) is 10.6 Å². The van der Waals surface area contributed by atoms with Crippen LogP contribution in [0.25, 0.3) is 10.8 Å². The zero-order valence-corrected chi connectivity index (χ0v) is 29.9. The first kappa shape index (κ1) is 37.1. The summed E-state index contributed by atoms with van der Waals surface area (Å²) in [6.45, 7) is 0. The first-order valence-corrected chi connectivity index (χ1v) is 15.4. The maximum atomic E-state index is 12.7. The second-order valence-corrected chi connectivity index (χ2v) is 12.0. The summed E-state index contributed by atoms with van der Waals surface area (Å²) < 4.78 is 64.0. The van der Waals surface area contributed by atoms with Crippen molar-refractivity contribution in [3.63, 3.8) is 0 Å². The number of aromatic hydroxyl groups is 1. The van der Waals surface area contributed by atoms with Gasteiger partial charge < -0.3 is 10.4 Å². The predicted octanol–water partition coefficient (Wildman–Crippen LogP) is 6.36. The molecule has 5 aromatic rings. The average Bonchev–Trinajstić information content (AvgIpc) is 3.00. The number of amides is 1. The Balaban J connectivity index is 0.00000288. The van der Waals surface area contributed by atoms with E-state index in [0.29, 0.717) is 28.3 Å². The predicted molar refractivity (Wildman–Crippen MR) is 172 cm³/mol. The summed E-state index contributed by atoms with van der Waals surface area (Å²) in [7, 11) is -8.78. The Bertz CT molecular complexity index is 2160. The number of hydrogen-bond acceptors (Lipinski definition) is 10. The molecule has 0 saturated carbocycles. The molecule has 1 amide bonds. The zero-order valence-electron chi connectivity index (χ0n) is 24.3. The fourth-order valence-electron chi connectivity index (χ4n) is 4.01. The monoisotopic (exact) mass is 677 g/mol. The molecule has 0 saturated heterocycles. The molecule has 0 spiro atoms. The summed E-state index contributed by atoms with van der Waals surface area (Å²) in [5.74, 6) is -0.696. The normalized spacial score (nSPS) is 11.7. The van der Waals surface area contributed by atoms with Crippen LogP contribution in [-0.4, -0.2) is 96.1 Å². The number of benzene rings is 5. The third-order valence-electron chi connectivity index (χ3n) is 6.19. The van der Waals surface area contributed by atoms with E-state index >= 15 is 0 Å². The number of carbonyl (C=O) groups is 1. The number of anilines is 1. The van der Waals surface area contributed by atoms with Crippen molar-refractivity contribution in [2.24, 2.45) is 20.5 Å². The van der Waals surface area contributed by atoms with Crippen LogP contribution in [-0.2, 0) is 20.2 Å². The number of rotatable bonds is 8. The molecule has 0 atom stereocenters. The van der Waals surface area contributed by atoms with Crippen molar-refractivity contribution in [1.82, 2.24) is 0 Å². The molecule has 46 heavy (non-hydrogen) atoms. The first-order chi connectivity index (χ1) is 20.9. The molecule has 2 radical (unpaired) electrons. The molecular weight excluding hydrogens is 656 g/mol. The number of fused-ring (bicyclic) bond motifs is 1. The number of phenolic OH excluding ortho intramolecular Hbond substituents is 1. The summed E-state index contributed by atoms with van der Waals surface area (Å²) in [5, 5.41) is 29.8. The van der Waals surface area contributed by atoms with Gasteiger partial charge in [-0.3, -0.25) is 13.9 Å². The second-order valence-electron chi connectivity index (χ2n) is 9.18. The van der Waals surface area contributed by atoms with Crippen LogP contribution in [0.15, 0.2) is 133 Å². The first-order valence-electron chi connectivity index (χ1n) is 12.5. The molecule has 4 N–H and O–H groups in total. The standard InChI is InChI=1S/C29H21N5O8S2.2Na/c35-28-25-2-1-3-27(44(40,41)42)24(25)16-17-26(28)34-33-20-6-4-18(5-7-20)29(36)30-19-8-10-21(11-9-19)31-32-22-12-14-23(15-13-22)43(37,38)39;;/h1-17,35H,(H,30,36)(H,37,38,39)(H,40,41,42);;. The molecule has 0 aromatic heterocycles. The van der Waals surface area contributed by atoms with Crippen LogP contribution in [0.2, 0.25) is 0 Å². The van der Waals surface area contributed by atoms with Crippen LogP contribution in [0.4, 0.5) is 28.4 Å². The van der Waals surface area contributed by atoms with Crippen LogP contribution in [0.1, 0.15) is 10.4 Å². The summed E-state index contributed by atoms with van der Waals surface area (Å²) >= 11 is 0. The van der Waals surface area contributed by atoms with Crippen molar-refractivity contribution in [2.45, 2.75) is 9.79 Å². The van der Waals surface area contributed by atoms with Crippen molar-refractivity contribution in [2.75, 3.05) is 5.32 Å². The van der Waals surface area contributed by atoms with Gasteiger partial charge in [0, 0.05) is 81.1 Å². The Kier molecular flexibility index (Phi) is 12.5. The van der Waals surface area contributed by atoms with Crippen molar-refractivity contribution in [3.8, 4) is 5.75 Å². The van der Waals surface area contributed by atoms with E-state index in [9.17, 15) is 31.3 Å². The summed E-state index contributed by atoms with van der Waals surface area (Å²) in [6, 6.07) is 24.8. The van der Waals surface area contributed by atoms with E-state index in [-0.39, 0.29) is 97.0 Å². The molecule has 5 rings (SSSR count). The molecule has 224 valence electrons. The fraction of sp³-hybridized carbons (Fsp3) is 0. The quantitative estimate of drug-likeness (QED) is 0.0823. The molecule has 0 aliphatic rings. The van der Waals surface area contributed by atoms with Crippen LogP contribution in [0.5, 0.6) is 5.75 Å². The number of hydrogen-bond donors (Lipinski definition) is 4. The van der Waals surface area contributed by atoms with Crippen LogP contribution >= 0.6 is 0 Å². The van der Waals surface area contributed by atoms with Crippen LogP contribution in [0, 0.1) is 0 Å². The molecule has 0 bridgehead atoms. The topological polar surface area (TPSA) is 208 Å². The number of nitrogens with zero attached hydrogens (tertiary/aromatic N) is 4. The summed E-state index contributed by atoms with van der Waals surface area (Å²) in [5.41, 5.74) is 2.15.